The molecule has 0 radical (unpaired) electrons. The Hall–Kier alpha value is -2.25. The minimum Gasteiger partial charge on any atom is -0.495 e. The largest absolute Gasteiger partial charge is 0.495 e. The summed E-state index contributed by atoms with van der Waals surface area (Å²) in [7, 11) is -2.22. The fourth-order valence-electron chi connectivity index (χ4n) is 2.81. The highest BCUT2D eigenvalue weighted by Gasteiger charge is 2.32. The second-order valence-corrected chi connectivity index (χ2v) is 8.45. The van der Waals surface area contributed by atoms with Gasteiger partial charge in [0.2, 0.25) is 15.9 Å². The molecule has 0 saturated heterocycles. The number of anilines is 2. The smallest absolute Gasteiger partial charge is 0.248 e. The van der Waals surface area contributed by atoms with Crippen LogP contribution in [0.25, 0.3) is 0 Å². The first-order valence-corrected chi connectivity index (χ1v) is 10.6. The molecule has 0 fully saturated rings. The molecule has 0 saturated carbocycles. The number of nitrogens with one attached hydrogen (secondary N) is 1. The maximum atomic E-state index is 13.0. The van der Waals surface area contributed by atoms with Gasteiger partial charge in [-0.2, -0.15) is 0 Å². The van der Waals surface area contributed by atoms with Gasteiger partial charge in [-0.15, -0.1) is 0 Å². The Bertz CT molecular complexity index is 931. The quantitative estimate of drug-likeness (QED) is 0.752. The lowest BCUT2D eigenvalue weighted by atomic mass is 10.1. The summed E-state index contributed by atoms with van der Waals surface area (Å²) in [6.45, 7) is 3.64. The minimum atomic E-state index is -3.72. The van der Waals surface area contributed by atoms with Gasteiger partial charge < -0.3 is 10.1 Å². The Morgan fingerprint density at radius 3 is 2.52 bits per heavy atom. The van der Waals surface area contributed by atoms with Gasteiger partial charge in [0.15, 0.2) is 0 Å². The molecule has 0 bridgehead atoms. The number of carbonyl (C=O) groups excluding carboxylic acids is 1. The van der Waals surface area contributed by atoms with Crippen molar-refractivity contribution in [2.45, 2.75) is 26.3 Å². The van der Waals surface area contributed by atoms with E-state index in [0.717, 1.165) is 16.1 Å². The van der Waals surface area contributed by atoms with Gasteiger partial charge in [0.05, 0.1) is 24.7 Å². The van der Waals surface area contributed by atoms with E-state index in [0.29, 0.717) is 22.1 Å². The van der Waals surface area contributed by atoms with Crippen LogP contribution >= 0.6 is 11.6 Å². The lowest BCUT2D eigenvalue weighted by Crippen LogP contribution is -2.47. The maximum absolute atomic E-state index is 13.0. The number of nitrogens with zero attached hydrogens (tertiary/aromatic N) is 1. The van der Waals surface area contributed by atoms with E-state index in [-0.39, 0.29) is 6.42 Å². The van der Waals surface area contributed by atoms with E-state index in [9.17, 15) is 13.2 Å². The van der Waals surface area contributed by atoms with E-state index in [1.165, 1.54) is 13.2 Å². The third kappa shape index (κ3) is 5.14. The van der Waals surface area contributed by atoms with Crippen molar-refractivity contribution in [3.8, 4) is 5.75 Å². The number of aryl methyl sites for hydroxylation is 1. The Morgan fingerprint density at radius 1 is 1.26 bits per heavy atom. The zero-order valence-electron chi connectivity index (χ0n) is 15.7. The van der Waals surface area contributed by atoms with Gasteiger partial charge in [-0.05, 0) is 49.2 Å². The number of halogens is 1. The molecule has 0 aliphatic carbocycles. The number of hydrogen-bond donors (Lipinski definition) is 1. The third-order valence-corrected chi connectivity index (χ3v) is 5.42. The van der Waals surface area contributed by atoms with Crippen LogP contribution in [-0.4, -0.2) is 33.7 Å². The summed E-state index contributed by atoms with van der Waals surface area (Å²) in [5.41, 5.74) is 1.76. The number of benzene rings is 2. The number of sulfonamides is 1. The highest BCUT2D eigenvalue weighted by atomic mass is 35.5. The molecule has 27 heavy (non-hydrogen) atoms. The molecular weight excluding hydrogens is 388 g/mol. The highest BCUT2D eigenvalue weighted by molar-refractivity contribution is 7.92. The second-order valence-electron chi connectivity index (χ2n) is 6.16. The lowest BCUT2D eigenvalue weighted by molar-refractivity contribution is -0.117. The topological polar surface area (TPSA) is 75.7 Å². The summed E-state index contributed by atoms with van der Waals surface area (Å²) in [6, 6.07) is 10.9. The maximum Gasteiger partial charge on any atom is 0.248 e. The van der Waals surface area contributed by atoms with Gasteiger partial charge in [0.25, 0.3) is 0 Å². The number of hydrogen-bond acceptors (Lipinski definition) is 4. The van der Waals surface area contributed by atoms with Crippen LogP contribution in [0.2, 0.25) is 5.02 Å². The number of methoxy groups -OCH3 is 1. The molecule has 6 nitrogen and oxygen atoms in total. The molecule has 146 valence electrons. The molecule has 0 unspecified atom stereocenters. The monoisotopic (exact) mass is 410 g/mol. The summed E-state index contributed by atoms with van der Waals surface area (Å²) in [6.07, 6.45) is 1.34. The molecule has 1 N–H and O–H groups in total. The van der Waals surface area contributed by atoms with Gasteiger partial charge in [0.1, 0.15) is 11.8 Å². The van der Waals surface area contributed by atoms with Crippen LogP contribution in [0.4, 0.5) is 11.4 Å². The fourth-order valence-corrected chi connectivity index (χ4v) is 4.20. The molecule has 0 aliphatic rings. The summed E-state index contributed by atoms with van der Waals surface area (Å²) < 4.78 is 31.3. The molecule has 0 spiro atoms. The molecule has 0 aliphatic heterocycles. The fraction of sp³-hybridized carbons (Fsp3) is 0.316. The van der Waals surface area contributed by atoms with Crippen molar-refractivity contribution in [3.05, 3.63) is 53.1 Å². The predicted octanol–water partition coefficient (Wildman–Crippen LogP) is 3.84. The lowest BCUT2D eigenvalue weighted by Gasteiger charge is -2.30. The van der Waals surface area contributed by atoms with Gasteiger partial charge >= 0.3 is 0 Å². The number of amides is 1. The molecule has 1 amide bonds. The highest BCUT2D eigenvalue weighted by Crippen LogP contribution is 2.28. The van der Waals surface area contributed by atoms with E-state index in [4.69, 9.17) is 16.3 Å². The summed E-state index contributed by atoms with van der Waals surface area (Å²) in [5.74, 6) is 0.0456. The molecular formula is C19H23ClN2O4S. The number of rotatable bonds is 7. The van der Waals surface area contributed by atoms with E-state index >= 15 is 0 Å². The average molecular weight is 411 g/mol. The van der Waals surface area contributed by atoms with Gasteiger partial charge in [-0.25, -0.2) is 8.42 Å². The van der Waals surface area contributed by atoms with Crippen LogP contribution in [0, 0.1) is 6.92 Å². The SMILES string of the molecule is CC[C@@H](C(=O)Nc1cc(C)ccc1OC)N(c1cccc(Cl)c1)S(C)(=O)=O. The molecule has 0 aromatic heterocycles. The second kappa shape index (κ2) is 8.63. The first-order chi connectivity index (χ1) is 12.7. The Labute approximate surface area is 165 Å². The van der Waals surface area contributed by atoms with E-state index in [1.54, 1.807) is 37.3 Å². The first-order valence-electron chi connectivity index (χ1n) is 8.37. The van der Waals surface area contributed by atoms with Crippen LogP contribution in [0.3, 0.4) is 0 Å². The van der Waals surface area contributed by atoms with Gasteiger partial charge in [-0.3, -0.25) is 9.10 Å². The predicted molar refractivity (Wildman–Crippen MR) is 109 cm³/mol. The molecule has 2 rings (SSSR count). The van der Waals surface area contributed by atoms with Crippen LogP contribution < -0.4 is 14.4 Å². The van der Waals surface area contributed by atoms with Crippen LogP contribution in [0.15, 0.2) is 42.5 Å². The Morgan fingerprint density at radius 2 is 1.96 bits per heavy atom. The zero-order valence-corrected chi connectivity index (χ0v) is 17.3. The van der Waals surface area contributed by atoms with Crippen LogP contribution in [0.1, 0.15) is 18.9 Å². The van der Waals surface area contributed by atoms with E-state index < -0.39 is 22.0 Å². The van der Waals surface area contributed by atoms with E-state index in [2.05, 4.69) is 5.32 Å². The van der Waals surface area contributed by atoms with Crippen molar-refractivity contribution in [2.75, 3.05) is 23.0 Å². The van der Waals surface area contributed by atoms with Crippen molar-refractivity contribution in [3.63, 3.8) is 0 Å². The van der Waals surface area contributed by atoms with Gasteiger partial charge in [-0.1, -0.05) is 30.7 Å². The number of carbonyl (C=O) groups is 1. The molecule has 2 aromatic carbocycles. The molecule has 1 atom stereocenters. The van der Waals surface area contributed by atoms with E-state index in [1.807, 2.05) is 13.0 Å². The molecule has 2 aromatic rings. The zero-order chi connectivity index (χ0) is 20.2. The first kappa shape index (κ1) is 21.1. The minimum absolute atomic E-state index is 0.277. The van der Waals surface area contributed by atoms with Crippen molar-refractivity contribution in [2.24, 2.45) is 0 Å². The molecule has 0 heterocycles. The standard InChI is InChI=1S/C19H23ClN2O4S/c1-5-17(19(23)21-16-11-13(2)9-10-18(16)26-3)22(27(4,24)25)15-8-6-7-14(20)12-15/h6-12,17H,5H2,1-4H3,(H,21,23)/t17-/m0/s1. The number of ether oxygens (including phenoxy) is 1. The Balaban J connectivity index is 2.42. The van der Waals surface area contributed by atoms with Crippen molar-refractivity contribution in [1.29, 1.82) is 0 Å². The van der Waals surface area contributed by atoms with Crippen molar-refractivity contribution in [1.82, 2.24) is 0 Å². The molecule has 8 heteroatoms. The van der Waals surface area contributed by atoms with Crippen LogP contribution in [0.5, 0.6) is 5.75 Å². The summed E-state index contributed by atoms with van der Waals surface area (Å²) in [5, 5.41) is 3.17. The van der Waals surface area contributed by atoms with Gasteiger partial charge in [0, 0.05) is 5.02 Å². The third-order valence-electron chi connectivity index (χ3n) is 4.01. The van der Waals surface area contributed by atoms with Crippen LogP contribution in [-0.2, 0) is 14.8 Å². The van der Waals surface area contributed by atoms with Crippen molar-refractivity contribution >= 4 is 38.9 Å². The van der Waals surface area contributed by atoms with Crippen molar-refractivity contribution < 1.29 is 17.9 Å². The summed E-state index contributed by atoms with van der Waals surface area (Å²) in [4.78, 5) is 13.0. The Kier molecular flexibility index (Phi) is 6.73. The summed E-state index contributed by atoms with van der Waals surface area (Å²) >= 11 is 6.01. The normalized spacial score (nSPS) is 12.3. The average Bonchev–Trinajstić information content (AvgIpc) is 2.58.